The van der Waals surface area contributed by atoms with E-state index >= 15 is 0 Å². The van der Waals surface area contributed by atoms with Crippen LogP contribution >= 0.6 is 0 Å². The zero-order valence-electron chi connectivity index (χ0n) is 13.4. The maximum Gasteiger partial charge on any atom is 0.109 e. The Kier molecular flexibility index (Phi) is 4.63. The van der Waals surface area contributed by atoms with Crippen molar-refractivity contribution in [2.45, 2.75) is 79.1 Å². The predicted molar refractivity (Wildman–Crippen MR) is 79.2 cm³/mol. The van der Waals surface area contributed by atoms with Gasteiger partial charge in [-0.2, -0.15) is 0 Å². The monoisotopic (exact) mass is 250 g/mol. The van der Waals surface area contributed by atoms with Crippen LogP contribution in [-0.4, -0.2) is 9.97 Å². The van der Waals surface area contributed by atoms with E-state index in [4.69, 9.17) is 4.98 Å². The van der Waals surface area contributed by atoms with Gasteiger partial charge in [-0.1, -0.05) is 55.4 Å². The molecular formula is C16H30N2. The molecule has 1 heterocycles. The molecule has 1 aromatic heterocycles. The minimum atomic E-state index is 0.140. The van der Waals surface area contributed by atoms with Crippen molar-refractivity contribution in [2.75, 3.05) is 0 Å². The maximum absolute atomic E-state index is 4.91. The summed E-state index contributed by atoms with van der Waals surface area (Å²) in [5, 5.41) is 0. The molecule has 1 rings (SSSR count). The van der Waals surface area contributed by atoms with E-state index in [1.807, 2.05) is 0 Å². The van der Waals surface area contributed by atoms with Crippen LogP contribution in [0.2, 0.25) is 0 Å². The third-order valence-corrected chi connectivity index (χ3v) is 4.01. The molecule has 0 bridgehead atoms. The summed E-state index contributed by atoms with van der Waals surface area (Å²) in [5.74, 6) is 2.80. The number of H-pyrrole nitrogens is 1. The molecule has 0 aromatic carbocycles. The van der Waals surface area contributed by atoms with Crippen LogP contribution in [-0.2, 0) is 5.41 Å². The van der Waals surface area contributed by atoms with E-state index in [1.165, 1.54) is 11.4 Å². The second-order valence-electron chi connectivity index (χ2n) is 6.97. The molecule has 0 radical (unpaired) electrons. The smallest absolute Gasteiger partial charge is 0.109 e. The van der Waals surface area contributed by atoms with E-state index in [0.717, 1.165) is 12.2 Å². The summed E-state index contributed by atoms with van der Waals surface area (Å²) in [6.45, 7) is 18.1. The van der Waals surface area contributed by atoms with Gasteiger partial charge in [0, 0.05) is 17.0 Å². The molecule has 2 atom stereocenters. The van der Waals surface area contributed by atoms with Crippen molar-refractivity contribution in [3.63, 3.8) is 0 Å². The number of rotatable bonds is 4. The minimum Gasteiger partial charge on any atom is -0.345 e. The van der Waals surface area contributed by atoms with Crippen LogP contribution in [0, 0.1) is 5.92 Å². The average molecular weight is 250 g/mol. The third kappa shape index (κ3) is 3.15. The van der Waals surface area contributed by atoms with Gasteiger partial charge in [-0.3, -0.25) is 0 Å². The summed E-state index contributed by atoms with van der Waals surface area (Å²) < 4.78 is 0. The van der Waals surface area contributed by atoms with Gasteiger partial charge >= 0.3 is 0 Å². The third-order valence-electron chi connectivity index (χ3n) is 4.01. The molecule has 2 heteroatoms. The Bertz CT molecular complexity index is 382. The van der Waals surface area contributed by atoms with Gasteiger partial charge in [0.15, 0.2) is 0 Å². The first-order valence-corrected chi connectivity index (χ1v) is 7.28. The Morgan fingerprint density at radius 2 is 1.67 bits per heavy atom. The Morgan fingerprint density at radius 1 is 1.11 bits per heavy atom. The summed E-state index contributed by atoms with van der Waals surface area (Å²) in [6, 6.07) is 0. The fourth-order valence-electron chi connectivity index (χ4n) is 2.06. The van der Waals surface area contributed by atoms with Gasteiger partial charge in [-0.15, -0.1) is 0 Å². The number of nitrogens with one attached hydrogen (secondary N) is 1. The Balaban J connectivity index is 3.24. The van der Waals surface area contributed by atoms with Crippen molar-refractivity contribution in [1.82, 2.24) is 9.97 Å². The highest BCUT2D eigenvalue weighted by Crippen LogP contribution is 2.33. The van der Waals surface area contributed by atoms with E-state index < -0.39 is 0 Å². The summed E-state index contributed by atoms with van der Waals surface area (Å²) in [4.78, 5) is 8.52. The first kappa shape index (κ1) is 15.3. The molecule has 0 aliphatic carbocycles. The Hall–Kier alpha value is -0.790. The number of aromatic amines is 1. The SMILES string of the molecule is CCC(C)c1nc(C(C)C(C)C)[nH]c1C(C)(C)C. The standard InChI is InChI=1S/C16H30N2/c1-9-11(4)13-14(16(6,7)8)18-15(17-13)12(5)10(2)3/h10-12H,9H2,1-8H3,(H,17,18). The normalized spacial score (nSPS) is 16.1. The maximum atomic E-state index is 4.91. The average Bonchev–Trinajstić information content (AvgIpc) is 2.71. The van der Waals surface area contributed by atoms with Gasteiger partial charge in [0.1, 0.15) is 5.82 Å². The van der Waals surface area contributed by atoms with E-state index in [1.54, 1.807) is 0 Å². The molecule has 104 valence electrons. The second-order valence-corrected chi connectivity index (χ2v) is 6.97. The largest absolute Gasteiger partial charge is 0.345 e. The highest BCUT2D eigenvalue weighted by Gasteiger charge is 2.26. The fraction of sp³-hybridized carbons (Fsp3) is 0.812. The topological polar surface area (TPSA) is 28.7 Å². The van der Waals surface area contributed by atoms with Gasteiger partial charge in [-0.25, -0.2) is 4.98 Å². The lowest BCUT2D eigenvalue weighted by atomic mass is 9.87. The van der Waals surface area contributed by atoms with Crippen LogP contribution in [0.5, 0.6) is 0 Å². The molecule has 2 unspecified atom stereocenters. The molecule has 0 aliphatic heterocycles. The van der Waals surface area contributed by atoms with Crippen molar-refractivity contribution in [3.8, 4) is 0 Å². The number of imidazole rings is 1. The van der Waals surface area contributed by atoms with E-state index in [-0.39, 0.29) is 5.41 Å². The highest BCUT2D eigenvalue weighted by atomic mass is 15.0. The van der Waals surface area contributed by atoms with Crippen molar-refractivity contribution >= 4 is 0 Å². The van der Waals surface area contributed by atoms with Crippen molar-refractivity contribution < 1.29 is 0 Å². The molecule has 18 heavy (non-hydrogen) atoms. The molecule has 1 N–H and O–H groups in total. The highest BCUT2D eigenvalue weighted by molar-refractivity contribution is 5.26. The summed E-state index contributed by atoms with van der Waals surface area (Å²) in [5.41, 5.74) is 2.73. The summed E-state index contributed by atoms with van der Waals surface area (Å²) in [7, 11) is 0. The van der Waals surface area contributed by atoms with Crippen LogP contribution in [0.15, 0.2) is 0 Å². The Labute approximate surface area is 113 Å². The fourth-order valence-corrected chi connectivity index (χ4v) is 2.06. The van der Waals surface area contributed by atoms with Crippen LogP contribution in [0.25, 0.3) is 0 Å². The van der Waals surface area contributed by atoms with Gasteiger partial charge in [0.05, 0.1) is 5.69 Å². The zero-order chi connectivity index (χ0) is 14.1. The van der Waals surface area contributed by atoms with Gasteiger partial charge < -0.3 is 4.98 Å². The molecule has 0 saturated carbocycles. The van der Waals surface area contributed by atoms with Crippen LogP contribution in [0.4, 0.5) is 0 Å². The lowest BCUT2D eigenvalue weighted by molar-refractivity contribution is 0.508. The first-order valence-electron chi connectivity index (χ1n) is 7.28. The number of nitrogens with zero attached hydrogens (tertiary/aromatic N) is 1. The van der Waals surface area contributed by atoms with Crippen molar-refractivity contribution in [1.29, 1.82) is 0 Å². The predicted octanol–water partition coefficient (Wildman–Crippen LogP) is 4.98. The molecule has 1 aromatic rings. The van der Waals surface area contributed by atoms with Crippen molar-refractivity contribution in [2.24, 2.45) is 5.92 Å². The number of hydrogen-bond acceptors (Lipinski definition) is 1. The number of hydrogen-bond donors (Lipinski definition) is 1. The molecule has 0 amide bonds. The van der Waals surface area contributed by atoms with Crippen LogP contribution in [0.3, 0.4) is 0 Å². The molecule has 0 spiro atoms. The van der Waals surface area contributed by atoms with Gasteiger partial charge in [0.2, 0.25) is 0 Å². The van der Waals surface area contributed by atoms with E-state index in [2.05, 4.69) is 60.4 Å². The van der Waals surface area contributed by atoms with Crippen LogP contribution < -0.4 is 0 Å². The molecule has 0 aliphatic rings. The quantitative estimate of drug-likeness (QED) is 0.802. The van der Waals surface area contributed by atoms with Gasteiger partial charge in [0.25, 0.3) is 0 Å². The molecule has 0 fully saturated rings. The molecule has 2 nitrogen and oxygen atoms in total. The van der Waals surface area contributed by atoms with Crippen molar-refractivity contribution in [3.05, 3.63) is 17.2 Å². The van der Waals surface area contributed by atoms with Gasteiger partial charge in [-0.05, 0) is 18.3 Å². The lowest BCUT2D eigenvalue weighted by Gasteiger charge is -2.20. The lowest BCUT2D eigenvalue weighted by Crippen LogP contribution is -2.15. The second kappa shape index (κ2) is 5.46. The Morgan fingerprint density at radius 3 is 2.06 bits per heavy atom. The number of aromatic nitrogens is 2. The summed E-state index contributed by atoms with van der Waals surface area (Å²) >= 11 is 0. The minimum absolute atomic E-state index is 0.140. The molecule has 0 saturated heterocycles. The summed E-state index contributed by atoms with van der Waals surface area (Å²) in [6.07, 6.45) is 1.14. The zero-order valence-corrected chi connectivity index (χ0v) is 13.4. The molecular weight excluding hydrogens is 220 g/mol. The van der Waals surface area contributed by atoms with E-state index in [9.17, 15) is 0 Å². The first-order chi connectivity index (χ1) is 8.18. The van der Waals surface area contributed by atoms with E-state index in [0.29, 0.717) is 17.8 Å². The van der Waals surface area contributed by atoms with Crippen LogP contribution in [0.1, 0.15) is 90.9 Å².